The van der Waals surface area contributed by atoms with Crippen LogP contribution >= 0.6 is 0 Å². The number of hydrogen-bond acceptors (Lipinski definition) is 2. The first-order valence-corrected chi connectivity index (χ1v) is 10.2. The molecule has 142 valence electrons. The van der Waals surface area contributed by atoms with Crippen LogP contribution in [0.5, 0.6) is 0 Å². The molecular weight excluding hydrogens is 300 g/mol. The largest absolute Gasteiger partial charge is 0.368 e. The Bertz CT molecular complexity index is 319. The summed E-state index contributed by atoms with van der Waals surface area (Å²) in [4.78, 5) is 23.4. The highest BCUT2D eigenvalue weighted by Crippen LogP contribution is 2.10. The zero-order valence-electron chi connectivity index (χ0n) is 16.1. The highest BCUT2D eigenvalue weighted by molar-refractivity contribution is 5.86. The molecule has 0 aromatic rings. The third-order valence-electron chi connectivity index (χ3n) is 4.53. The summed E-state index contributed by atoms with van der Waals surface area (Å²) in [6.45, 7) is 4.41. The van der Waals surface area contributed by atoms with Crippen LogP contribution in [-0.4, -0.2) is 17.9 Å². The molecular formula is C20H40N2O2. The quantitative estimate of drug-likeness (QED) is 0.372. The number of primary amides is 1. The molecule has 3 N–H and O–H groups in total. The van der Waals surface area contributed by atoms with E-state index >= 15 is 0 Å². The summed E-state index contributed by atoms with van der Waals surface area (Å²) in [6, 6.07) is -0.492. The molecule has 0 radical (unpaired) electrons. The van der Waals surface area contributed by atoms with Crippen molar-refractivity contribution < 1.29 is 9.59 Å². The van der Waals surface area contributed by atoms with E-state index in [1.54, 1.807) is 0 Å². The second kappa shape index (κ2) is 16.8. The van der Waals surface area contributed by atoms with Crippen LogP contribution < -0.4 is 11.1 Å². The van der Waals surface area contributed by atoms with E-state index in [9.17, 15) is 9.59 Å². The first-order chi connectivity index (χ1) is 11.6. The minimum absolute atomic E-state index is 0.0293. The molecule has 4 heteroatoms. The van der Waals surface area contributed by atoms with Crippen molar-refractivity contribution in [2.45, 2.75) is 116 Å². The number of carbonyl (C=O) groups excluding carboxylic acids is 2. The number of hydrogen-bond donors (Lipinski definition) is 2. The molecule has 0 aliphatic rings. The van der Waals surface area contributed by atoms with Crippen LogP contribution in [0.15, 0.2) is 0 Å². The molecule has 24 heavy (non-hydrogen) atoms. The van der Waals surface area contributed by atoms with Crippen molar-refractivity contribution >= 4 is 11.8 Å². The van der Waals surface area contributed by atoms with Crippen LogP contribution in [0.3, 0.4) is 0 Å². The van der Waals surface area contributed by atoms with Gasteiger partial charge >= 0.3 is 0 Å². The van der Waals surface area contributed by atoms with E-state index in [2.05, 4.69) is 19.2 Å². The molecule has 0 saturated heterocycles. The van der Waals surface area contributed by atoms with E-state index in [0.29, 0.717) is 12.8 Å². The van der Waals surface area contributed by atoms with Crippen LogP contribution in [0, 0.1) is 0 Å². The summed E-state index contributed by atoms with van der Waals surface area (Å²) < 4.78 is 0. The standard InChI is InChI=1S/C20H40N2O2/c1-3-5-7-9-11-13-15-17-19(23)22-18(20(21)24)16-14-12-10-8-6-4-2/h18H,3-17H2,1-2H3,(H2,21,24)(H,22,23). The van der Waals surface area contributed by atoms with Gasteiger partial charge in [-0.1, -0.05) is 90.9 Å². The number of amides is 2. The molecule has 0 aliphatic carbocycles. The van der Waals surface area contributed by atoms with Crippen molar-refractivity contribution in [2.75, 3.05) is 0 Å². The van der Waals surface area contributed by atoms with Gasteiger partial charge in [0.2, 0.25) is 11.8 Å². The lowest BCUT2D eigenvalue weighted by molar-refractivity contribution is -0.127. The molecule has 0 heterocycles. The molecule has 2 amide bonds. The van der Waals surface area contributed by atoms with E-state index in [4.69, 9.17) is 5.73 Å². The van der Waals surface area contributed by atoms with Crippen LogP contribution in [-0.2, 0) is 9.59 Å². The number of nitrogens with one attached hydrogen (secondary N) is 1. The Hall–Kier alpha value is -1.06. The minimum Gasteiger partial charge on any atom is -0.368 e. The molecule has 0 fully saturated rings. The van der Waals surface area contributed by atoms with E-state index in [-0.39, 0.29) is 5.91 Å². The van der Waals surface area contributed by atoms with Crippen LogP contribution in [0.2, 0.25) is 0 Å². The van der Waals surface area contributed by atoms with Crippen LogP contribution in [0.25, 0.3) is 0 Å². The Morgan fingerprint density at radius 3 is 1.71 bits per heavy atom. The zero-order valence-corrected chi connectivity index (χ0v) is 16.1. The maximum Gasteiger partial charge on any atom is 0.239 e. The van der Waals surface area contributed by atoms with Crippen molar-refractivity contribution in [2.24, 2.45) is 5.73 Å². The maximum absolute atomic E-state index is 11.9. The van der Waals surface area contributed by atoms with E-state index in [1.165, 1.54) is 57.8 Å². The summed E-state index contributed by atoms with van der Waals surface area (Å²) in [5, 5.41) is 2.82. The molecule has 0 saturated carbocycles. The number of nitrogens with two attached hydrogens (primary N) is 1. The van der Waals surface area contributed by atoms with E-state index < -0.39 is 11.9 Å². The maximum atomic E-state index is 11.9. The summed E-state index contributed by atoms with van der Waals surface area (Å²) in [5.74, 6) is -0.435. The van der Waals surface area contributed by atoms with Crippen molar-refractivity contribution in [3.05, 3.63) is 0 Å². The first-order valence-electron chi connectivity index (χ1n) is 10.2. The molecule has 1 unspecified atom stereocenters. The second-order valence-corrected chi connectivity index (χ2v) is 6.95. The zero-order chi connectivity index (χ0) is 18.0. The highest BCUT2D eigenvalue weighted by atomic mass is 16.2. The SMILES string of the molecule is CCCCCCCCCC(=O)NC(CCCCCCCC)C(N)=O. The lowest BCUT2D eigenvalue weighted by Gasteiger charge is -2.15. The molecule has 1 atom stereocenters. The third kappa shape index (κ3) is 14.5. The van der Waals surface area contributed by atoms with Crippen molar-refractivity contribution in [3.8, 4) is 0 Å². The average molecular weight is 341 g/mol. The summed E-state index contributed by atoms with van der Waals surface area (Å²) in [5.41, 5.74) is 5.42. The molecule has 0 aromatic heterocycles. The monoisotopic (exact) mass is 340 g/mol. The average Bonchev–Trinajstić information content (AvgIpc) is 2.55. The molecule has 0 spiro atoms. The fraction of sp³-hybridized carbons (Fsp3) is 0.900. The highest BCUT2D eigenvalue weighted by Gasteiger charge is 2.17. The Morgan fingerprint density at radius 1 is 0.750 bits per heavy atom. The predicted molar refractivity (Wildman–Crippen MR) is 102 cm³/mol. The van der Waals surface area contributed by atoms with Gasteiger partial charge in [-0.15, -0.1) is 0 Å². The van der Waals surface area contributed by atoms with Crippen molar-refractivity contribution in [1.82, 2.24) is 5.32 Å². The lowest BCUT2D eigenvalue weighted by atomic mass is 10.0. The molecule has 0 bridgehead atoms. The van der Waals surface area contributed by atoms with Crippen molar-refractivity contribution in [3.63, 3.8) is 0 Å². The molecule has 4 nitrogen and oxygen atoms in total. The Morgan fingerprint density at radius 2 is 1.21 bits per heavy atom. The fourth-order valence-corrected chi connectivity index (χ4v) is 2.92. The minimum atomic E-state index is -0.492. The normalized spacial score (nSPS) is 12.1. The van der Waals surface area contributed by atoms with Gasteiger partial charge in [0, 0.05) is 6.42 Å². The second-order valence-electron chi connectivity index (χ2n) is 6.95. The van der Waals surface area contributed by atoms with E-state index in [1.807, 2.05) is 0 Å². The smallest absolute Gasteiger partial charge is 0.239 e. The van der Waals surface area contributed by atoms with E-state index in [0.717, 1.165) is 25.7 Å². The van der Waals surface area contributed by atoms with Gasteiger partial charge in [-0.2, -0.15) is 0 Å². The van der Waals surface area contributed by atoms with Gasteiger partial charge in [-0.3, -0.25) is 9.59 Å². The summed E-state index contributed by atoms with van der Waals surface area (Å²) in [7, 11) is 0. The Kier molecular flexibility index (Phi) is 16.0. The third-order valence-corrected chi connectivity index (χ3v) is 4.53. The van der Waals surface area contributed by atoms with Gasteiger partial charge in [0.15, 0.2) is 0 Å². The van der Waals surface area contributed by atoms with Crippen molar-refractivity contribution in [1.29, 1.82) is 0 Å². The Labute approximate surface area is 149 Å². The lowest BCUT2D eigenvalue weighted by Crippen LogP contribution is -2.44. The summed E-state index contributed by atoms with van der Waals surface area (Å²) in [6.07, 6.45) is 16.5. The fourth-order valence-electron chi connectivity index (χ4n) is 2.92. The van der Waals surface area contributed by atoms with Gasteiger partial charge in [-0.25, -0.2) is 0 Å². The van der Waals surface area contributed by atoms with Gasteiger partial charge in [0.25, 0.3) is 0 Å². The number of rotatable bonds is 17. The molecule has 0 aliphatic heterocycles. The predicted octanol–water partition coefficient (Wildman–Crippen LogP) is 4.85. The topological polar surface area (TPSA) is 72.2 Å². The van der Waals surface area contributed by atoms with Gasteiger partial charge in [0.1, 0.15) is 6.04 Å². The first kappa shape index (κ1) is 22.9. The molecule has 0 aromatic carbocycles. The van der Waals surface area contributed by atoms with Crippen LogP contribution in [0.1, 0.15) is 110 Å². The molecule has 0 rings (SSSR count). The number of carbonyl (C=O) groups is 2. The van der Waals surface area contributed by atoms with Gasteiger partial charge in [0.05, 0.1) is 0 Å². The van der Waals surface area contributed by atoms with Crippen LogP contribution in [0.4, 0.5) is 0 Å². The number of unbranched alkanes of at least 4 members (excludes halogenated alkanes) is 11. The van der Waals surface area contributed by atoms with Gasteiger partial charge < -0.3 is 11.1 Å². The summed E-state index contributed by atoms with van der Waals surface area (Å²) >= 11 is 0. The van der Waals surface area contributed by atoms with Gasteiger partial charge in [-0.05, 0) is 12.8 Å². The Balaban J connectivity index is 3.73.